The zero-order chi connectivity index (χ0) is 32.8. The van der Waals surface area contributed by atoms with E-state index in [2.05, 4.69) is 31.9 Å². The quantitative estimate of drug-likeness (QED) is 0.0966. The summed E-state index contributed by atoms with van der Waals surface area (Å²) in [5, 5.41) is 6.18. The van der Waals surface area contributed by atoms with Crippen molar-refractivity contribution in [3.8, 4) is 0 Å². The van der Waals surface area contributed by atoms with Crippen LogP contribution in [-0.4, -0.2) is 46.5 Å². The van der Waals surface area contributed by atoms with Crippen LogP contribution >= 0.6 is 31.9 Å². The lowest BCUT2D eigenvalue weighted by Crippen LogP contribution is -2.41. The predicted octanol–water partition coefficient (Wildman–Crippen LogP) is 8.94. The first-order chi connectivity index (χ1) is 23.3. The molecule has 0 aromatic heterocycles. The SMILES string of the molecule is O=C1c2ccc3c4c(Br)cc5c6c(cc(Br)c(c7ccc(c2c37)C(=O)N1CCc1ccccc1)c64)C(=O)N(CCc1ccccc1)C5=O. The summed E-state index contributed by atoms with van der Waals surface area (Å²) in [6.45, 7) is 0.542. The van der Waals surface area contributed by atoms with Crippen LogP contribution in [0.3, 0.4) is 0 Å². The fraction of sp³-hybridized carbons (Fsp3) is 0.100. The Kier molecular flexibility index (Phi) is 6.58. The van der Waals surface area contributed by atoms with Crippen LogP contribution in [0.2, 0.25) is 0 Å². The molecule has 4 amide bonds. The molecule has 48 heavy (non-hydrogen) atoms. The number of nitrogens with zero attached hydrogens (tertiary/aromatic N) is 2. The molecule has 9 rings (SSSR count). The van der Waals surface area contributed by atoms with Crippen LogP contribution in [0, 0.1) is 0 Å². The van der Waals surface area contributed by atoms with Crippen LogP contribution in [-0.2, 0) is 12.8 Å². The maximum Gasteiger partial charge on any atom is 0.261 e. The van der Waals surface area contributed by atoms with E-state index in [0.717, 1.165) is 43.4 Å². The fourth-order valence-corrected chi connectivity index (χ4v) is 8.93. The van der Waals surface area contributed by atoms with E-state index < -0.39 is 0 Å². The molecule has 7 aromatic rings. The lowest BCUT2D eigenvalue weighted by Gasteiger charge is -2.31. The fourth-order valence-electron chi connectivity index (χ4n) is 7.65. The second-order valence-corrected chi connectivity index (χ2v) is 14.1. The van der Waals surface area contributed by atoms with Crippen molar-refractivity contribution < 1.29 is 19.2 Å². The minimum atomic E-state index is -0.327. The Balaban J connectivity index is 1.23. The van der Waals surface area contributed by atoms with Crippen LogP contribution in [0.1, 0.15) is 52.6 Å². The smallest absolute Gasteiger partial charge is 0.261 e. The molecule has 0 spiro atoms. The van der Waals surface area contributed by atoms with Crippen LogP contribution < -0.4 is 0 Å². The highest BCUT2D eigenvalue weighted by Gasteiger charge is 2.38. The summed E-state index contributed by atoms with van der Waals surface area (Å²) < 4.78 is 1.40. The molecule has 0 bridgehead atoms. The number of carbonyl (C=O) groups is 4. The van der Waals surface area contributed by atoms with E-state index in [1.54, 1.807) is 12.1 Å². The maximum atomic E-state index is 14.0. The van der Waals surface area contributed by atoms with E-state index in [4.69, 9.17) is 0 Å². The molecule has 0 unspecified atom stereocenters. The molecule has 6 nitrogen and oxygen atoms in total. The third-order valence-electron chi connectivity index (χ3n) is 9.84. The number of carbonyl (C=O) groups excluding carboxylic acids is 4. The van der Waals surface area contributed by atoms with Gasteiger partial charge in [-0.05, 0) is 64.4 Å². The van der Waals surface area contributed by atoms with Crippen molar-refractivity contribution in [2.24, 2.45) is 0 Å². The van der Waals surface area contributed by atoms with E-state index in [-0.39, 0.29) is 36.7 Å². The van der Waals surface area contributed by atoms with Crippen LogP contribution in [0.25, 0.3) is 43.1 Å². The van der Waals surface area contributed by atoms with Gasteiger partial charge in [-0.15, -0.1) is 0 Å². The van der Waals surface area contributed by atoms with Gasteiger partial charge >= 0.3 is 0 Å². The monoisotopic (exact) mass is 754 g/mol. The van der Waals surface area contributed by atoms with Crippen LogP contribution in [0.5, 0.6) is 0 Å². The molecular formula is C40H24Br2N2O4. The Bertz CT molecular complexity index is 2440. The summed E-state index contributed by atoms with van der Waals surface area (Å²) in [5.74, 6) is -1.28. The van der Waals surface area contributed by atoms with Crippen molar-refractivity contribution in [2.75, 3.05) is 13.1 Å². The zero-order valence-corrected chi connectivity index (χ0v) is 28.5. The molecule has 232 valence electrons. The van der Waals surface area contributed by atoms with Gasteiger partial charge in [0.2, 0.25) is 0 Å². The molecule has 8 heteroatoms. The molecule has 0 atom stereocenters. The number of benzene rings is 7. The third-order valence-corrected chi connectivity index (χ3v) is 11.1. The van der Waals surface area contributed by atoms with Crippen molar-refractivity contribution in [2.45, 2.75) is 12.8 Å². The predicted molar refractivity (Wildman–Crippen MR) is 194 cm³/mol. The Morgan fingerprint density at radius 2 is 0.812 bits per heavy atom. The van der Waals surface area contributed by atoms with E-state index in [0.29, 0.717) is 54.8 Å². The molecule has 2 aliphatic heterocycles. The Morgan fingerprint density at radius 3 is 1.25 bits per heavy atom. The van der Waals surface area contributed by atoms with Gasteiger partial charge in [-0.1, -0.05) is 105 Å². The second-order valence-electron chi connectivity index (χ2n) is 12.4. The zero-order valence-electron chi connectivity index (χ0n) is 25.3. The van der Waals surface area contributed by atoms with Gasteiger partial charge in [-0.25, -0.2) is 0 Å². The molecular weight excluding hydrogens is 732 g/mol. The molecule has 0 N–H and O–H groups in total. The highest BCUT2D eigenvalue weighted by atomic mass is 79.9. The molecule has 0 fully saturated rings. The first-order valence-corrected chi connectivity index (χ1v) is 17.3. The van der Waals surface area contributed by atoms with Crippen molar-refractivity contribution in [3.05, 3.63) is 139 Å². The topological polar surface area (TPSA) is 74.8 Å². The molecule has 0 radical (unpaired) electrons. The Hall–Kier alpha value is -4.92. The average Bonchev–Trinajstić information content (AvgIpc) is 3.10. The van der Waals surface area contributed by atoms with Crippen molar-refractivity contribution in [3.63, 3.8) is 0 Å². The number of fused-ring (bicyclic) bond motifs is 2. The van der Waals surface area contributed by atoms with Gasteiger partial charge in [0, 0.05) is 71.2 Å². The van der Waals surface area contributed by atoms with Gasteiger partial charge in [0.25, 0.3) is 23.6 Å². The number of hydrogen-bond donors (Lipinski definition) is 0. The molecule has 2 heterocycles. The minimum absolute atomic E-state index is 0.263. The van der Waals surface area contributed by atoms with Gasteiger partial charge in [-0.2, -0.15) is 0 Å². The first-order valence-electron chi connectivity index (χ1n) is 15.7. The number of imide groups is 2. The number of amides is 4. The third kappa shape index (κ3) is 4.09. The number of halogens is 2. The summed E-state index contributed by atoms with van der Waals surface area (Å²) in [5.41, 5.74) is 4.00. The standard InChI is InChI=1S/C40H24Br2N2O4/c41-29-19-27-33-28(40(48)44(39(27)47)18-16-22-9-5-2-6-10-22)20-30(42)35-24-12-14-26-32-25(13-11-23(31(24)32)34(29)36(33)35)37(45)43(38(26)46)17-15-21-7-3-1-4-8-21/h1-14,19-20H,15-18H2. The van der Waals surface area contributed by atoms with Gasteiger partial charge in [0.15, 0.2) is 0 Å². The Morgan fingerprint density at radius 1 is 0.417 bits per heavy atom. The average molecular weight is 756 g/mol. The number of rotatable bonds is 6. The summed E-state index contributed by atoms with van der Waals surface area (Å²) in [4.78, 5) is 58.6. The maximum absolute atomic E-state index is 14.0. The van der Waals surface area contributed by atoms with Crippen LogP contribution in [0.4, 0.5) is 0 Å². The van der Waals surface area contributed by atoms with Crippen molar-refractivity contribution in [1.29, 1.82) is 0 Å². The van der Waals surface area contributed by atoms with Crippen LogP contribution in [0.15, 0.2) is 106 Å². The lowest BCUT2D eigenvalue weighted by atomic mass is 9.82. The lowest BCUT2D eigenvalue weighted by molar-refractivity contribution is 0.0597. The summed E-state index contributed by atoms with van der Waals surface area (Å²) in [7, 11) is 0. The van der Waals surface area contributed by atoms with Crippen molar-refractivity contribution >= 4 is 98.6 Å². The molecule has 0 saturated heterocycles. The summed E-state index contributed by atoms with van der Waals surface area (Å²) in [6.07, 6.45) is 1.12. The molecule has 2 aliphatic rings. The van der Waals surface area contributed by atoms with Crippen molar-refractivity contribution in [1.82, 2.24) is 9.80 Å². The number of hydrogen-bond acceptors (Lipinski definition) is 4. The van der Waals surface area contributed by atoms with E-state index in [9.17, 15) is 19.2 Å². The largest absolute Gasteiger partial charge is 0.274 e. The first kappa shape index (κ1) is 29.2. The van der Waals surface area contributed by atoms with Gasteiger partial charge in [0.1, 0.15) is 0 Å². The van der Waals surface area contributed by atoms with E-state index in [1.165, 1.54) is 9.80 Å². The second kappa shape index (κ2) is 10.8. The summed E-state index contributed by atoms with van der Waals surface area (Å²) >= 11 is 7.59. The van der Waals surface area contributed by atoms with Gasteiger partial charge in [0.05, 0.1) is 0 Å². The molecule has 7 aromatic carbocycles. The van der Waals surface area contributed by atoms with Gasteiger partial charge < -0.3 is 0 Å². The Labute approximate surface area is 291 Å². The van der Waals surface area contributed by atoms with E-state index in [1.807, 2.05) is 84.9 Å². The highest BCUT2D eigenvalue weighted by molar-refractivity contribution is 9.11. The molecule has 0 saturated carbocycles. The minimum Gasteiger partial charge on any atom is -0.274 e. The van der Waals surface area contributed by atoms with E-state index >= 15 is 0 Å². The highest BCUT2D eigenvalue weighted by Crippen LogP contribution is 2.50. The normalized spacial score (nSPS) is 14.5. The van der Waals surface area contributed by atoms with Gasteiger partial charge in [-0.3, -0.25) is 29.0 Å². The molecule has 0 aliphatic carbocycles. The summed E-state index contributed by atoms with van der Waals surface area (Å²) in [6, 6.07) is 30.7.